The van der Waals surface area contributed by atoms with Crippen LogP contribution in [0.1, 0.15) is 43.8 Å². The maximum Gasteiger partial charge on any atom is 0.223 e. The molecule has 1 aliphatic carbocycles. The van der Waals surface area contributed by atoms with Crippen molar-refractivity contribution in [2.45, 2.75) is 46.2 Å². The average molecular weight is 281 g/mol. The van der Waals surface area contributed by atoms with Crippen LogP contribution in [0.3, 0.4) is 0 Å². The number of carbonyl (C=O) groups excluding carboxylic acids is 1. The molecule has 4 nitrogen and oxygen atoms in total. The van der Waals surface area contributed by atoms with Crippen molar-refractivity contribution in [2.75, 3.05) is 13.1 Å². The predicted molar refractivity (Wildman–Crippen MR) is 77.9 cm³/mol. The largest absolute Gasteiger partial charge is 0.349 e. The molecule has 1 saturated carbocycles. The highest BCUT2D eigenvalue weighted by Crippen LogP contribution is 2.26. The topological polar surface area (TPSA) is 45.2 Å². The molecule has 0 saturated heterocycles. The van der Waals surface area contributed by atoms with Crippen molar-refractivity contribution in [3.05, 3.63) is 16.1 Å². The third kappa shape index (κ3) is 4.01. The molecule has 1 heterocycles. The molecule has 0 radical (unpaired) electrons. The SMILES string of the molecule is CCN(CC)Cc1csc(CNC(=O)C2CCC2)n1. The van der Waals surface area contributed by atoms with Gasteiger partial charge in [-0.05, 0) is 25.9 Å². The van der Waals surface area contributed by atoms with Gasteiger partial charge in [-0.15, -0.1) is 11.3 Å². The van der Waals surface area contributed by atoms with E-state index in [9.17, 15) is 4.79 Å². The summed E-state index contributed by atoms with van der Waals surface area (Å²) in [4.78, 5) is 18.7. The summed E-state index contributed by atoms with van der Waals surface area (Å²) in [6.45, 7) is 7.90. The number of hydrogen-bond acceptors (Lipinski definition) is 4. The number of hydrogen-bond donors (Lipinski definition) is 1. The average Bonchev–Trinajstić information content (AvgIpc) is 2.79. The summed E-state index contributed by atoms with van der Waals surface area (Å²) in [5, 5.41) is 6.10. The van der Waals surface area contributed by atoms with Gasteiger partial charge in [0, 0.05) is 17.8 Å². The highest BCUT2D eigenvalue weighted by atomic mass is 32.1. The summed E-state index contributed by atoms with van der Waals surface area (Å²) in [5.41, 5.74) is 1.11. The zero-order chi connectivity index (χ0) is 13.7. The van der Waals surface area contributed by atoms with E-state index in [1.165, 1.54) is 6.42 Å². The van der Waals surface area contributed by atoms with Crippen molar-refractivity contribution in [1.82, 2.24) is 15.2 Å². The van der Waals surface area contributed by atoms with Crippen LogP contribution in [0.25, 0.3) is 0 Å². The lowest BCUT2D eigenvalue weighted by molar-refractivity contribution is -0.127. The predicted octanol–water partition coefficient (Wildman–Crippen LogP) is 2.40. The molecule has 19 heavy (non-hydrogen) atoms. The van der Waals surface area contributed by atoms with Crippen molar-refractivity contribution < 1.29 is 4.79 Å². The van der Waals surface area contributed by atoms with Gasteiger partial charge in [0.05, 0.1) is 12.2 Å². The van der Waals surface area contributed by atoms with Crippen LogP contribution in [0.2, 0.25) is 0 Å². The minimum atomic E-state index is 0.201. The maximum atomic E-state index is 11.7. The van der Waals surface area contributed by atoms with Crippen LogP contribution < -0.4 is 5.32 Å². The van der Waals surface area contributed by atoms with Crippen LogP contribution in [-0.4, -0.2) is 28.9 Å². The van der Waals surface area contributed by atoms with Gasteiger partial charge < -0.3 is 5.32 Å². The van der Waals surface area contributed by atoms with Crippen LogP contribution >= 0.6 is 11.3 Å². The first-order valence-electron chi connectivity index (χ1n) is 7.16. The number of nitrogens with one attached hydrogen (secondary N) is 1. The summed E-state index contributed by atoms with van der Waals surface area (Å²) < 4.78 is 0. The normalized spacial score (nSPS) is 15.5. The number of carbonyl (C=O) groups is 1. The lowest BCUT2D eigenvalue weighted by atomic mass is 9.85. The quantitative estimate of drug-likeness (QED) is 0.835. The van der Waals surface area contributed by atoms with Crippen LogP contribution in [-0.2, 0) is 17.9 Å². The molecule has 5 heteroatoms. The fraction of sp³-hybridized carbons (Fsp3) is 0.714. The molecule has 1 N–H and O–H groups in total. The monoisotopic (exact) mass is 281 g/mol. The Bertz CT molecular complexity index is 411. The zero-order valence-corrected chi connectivity index (χ0v) is 12.6. The van der Waals surface area contributed by atoms with Gasteiger partial charge in [0.15, 0.2) is 0 Å². The van der Waals surface area contributed by atoms with E-state index in [0.29, 0.717) is 6.54 Å². The van der Waals surface area contributed by atoms with E-state index in [4.69, 9.17) is 0 Å². The number of thiazole rings is 1. The number of nitrogens with zero attached hydrogens (tertiary/aromatic N) is 2. The van der Waals surface area contributed by atoms with Crippen LogP contribution in [0.4, 0.5) is 0 Å². The third-order valence-electron chi connectivity index (χ3n) is 3.77. The molecular formula is C14H23N3OS. The molecule has 0 bridgehead atoms. The summed E-state index contributed by atoms with van der Waals surface area (Å²) in [6.07, 6.45) is 3.30. The van der Waals surface area contributed by atoms with Gasteiger partial charge >= 0.3 is 0 Å². The highest BCUT2D eigenvalue weighted by molar-refractivity contribution is 7.09. The van der Waals surface area contributed by atoms with Gasteiger partial charge in [0.1, 0.15) is 5.01 Å². The van der Waals surface area contributed by atoms with Crippen LogP contribution in [0.5, 0.6) is 0 Å². The van der Waals surface area contributed by atoms with E-state index in [1.807, 2.05) is 0 Å². The fourth-order valence-corrected chi connectivity index (χ4v) is 2.88. The van der Waals surface area contributed by atoms with E-state index in [1.54, 1.807) is 11.3 Å². The molecule has 0 unspecified atom stereocenters. The Kier molecular flexibility index (Phi) is 5.34. The van der Waals surface area contributed by atoms with Crippen molar-refractivity contribution >= 4 is 17.2 Å². The van der Waals surface area contributed by atoms with Crippen molar-refractivity contribution in [1.29, 1.82) is 0 Å². The van der Waals surface area contributed by atoms with Gasteiger partial charge in [-0.25, -0.2) is 4.98 Å². The molecule has 0 spiro atoms. The van der Waals surface area contributed by atoms with Crippen molar-refractivity contribution in [3.8, 4) is 0 Å². The second-order valence-electron chi connectivity index (χ2n) is 5.04. The summed E-state index contributed by atoms with van der Waals surface area (Å²) >= 11 is 1.64. The Balaban J connectivity index is 1.78. The molecule has 1 fully saturated rings. The smallest absolute Gasteiger partial charge is 0.223 e. The van der Waals surface area contributed by atoms with Crippen molar-refractivity contribution in [2.24, 2.45) is 5.92 Å². The zero-order valence-electron chi connectivity index (χ0n) is 11.8. The minimum Gasteiger partial charge on any atom is -0.349 e. The molecule has 2 rings (SSSR count). The van der Waals surface area contributed by atoms with E-state index in [0.717, 1.165) is 43.2 Å². The molecule has 0 aromatic carbocycles. The Hall–Kier alpha value is -0.940. The standard InChI is InChI=1S/C14H23N3OS/c1-3-17(4-2)9-12-10-19-13(16-12)8-15-14(18)11-6-5-7-11/h10-11H,3-9H2,1-2H3,(H,15,18). The van der Waals surface area contributed by atoms with Gasteiger partial charge in [0.2, 0.25) is 5.91 Å². The van der Waals surface area contributed by atoms with Crippen LogP contribution in [0.15, 0.2) is 5.38 Å². The first-order valence-corrected chi connectivity index (χ1v) is 8.04. The Labute approximate surface area is 119 Å². The molecule has 0 atom stereocenters. The van der Waals surface area contributed by atoms with E-state index < -0.39 is 0 Å². The maximum absolute atomic E-state index is 11.7. The molecule has 106 valence electrons. The first-order chi connectivity index (χ1) is 9.22. The number of rotatable bonds is 7. The fourth-order valence-electron chi connectivity index (χ4n) is 2.16. The first kappa shape index (κ1) is 14.5. The van der Waals surface area contributed by atoms with E-state index in [-0.39, 0.29) is 11.8 Å². The molecule has 1 aliphatic rings. The van der Waals surface area contributed by atoms with Gasteiger partial charge in [-0.3, -0.25) is 9.69 Å². The molecule has 0 aliphatic heterocycles. The van der Waals surface area contributed by atoms with Gasteiger partial charge in [0.25, 0.3) is 0 Å². The summed E-state index contributed by atoms with van der Waals surface area (Å²) in [5.74, 6) is 0.460. The summed E-state index contributed by atoms with van der Waals surface area (Å²) in [6, 6.07) is 0. The number of amides is 1. The highest BCUT2D eigenvalue weighted by Gasteiger charge is 2.24. The Morgan fingerprint density at radius 3 is 2.79 bits per heavy atom. The van der Waals surface area contributed by atoms with Gasteiger partial charge in [-0.2, -0.15) is 0 Å². The van der Waals surface area contributed by atoms with E-state index >= 15 is 0 Å². The van der Waals surface area contributed by atoms with Gasteiger partial charge in [-0.1, -0.05) is 20.3 Å². The molecule has 1 aromatic rings. The lowest BCUT2D eigenvalue weighted by Crippen LogP contribution is -2.33. The minimum absolute atomic E-state index is 0.201. The lowest BCUT2D eigenvalue weighted by Gasteiger charge is -2.23. The van der Waals surface area contributed by atoms with Crippen molar-refractivity contribution in [3.63, 3.8) is 0 Å². The molecule has 1 amide bonds. The molecule has 1 aromatic heterocycles. The van der Waals surface area contributed by atoms with Crippen LogP contribution in [0, 0.1) is 5.92 Å². The Morgan fingerprint density at radius 1 is 1.47 bits per heavy atom. The Morgan fingerprint density at radius 2 is 2.21 bits per heavy atom. The molecular weight excluding hydrogens is 258 g/mol. The second-order valence-corrected chi connectivity index (χ2v) is 5.98. The summed E-state index contributed by atoms with van der Waals surface area (Å²) in [7, 11) is 0. The third-order valence-corrected chi connectivity index (χ3v) is 4.67. The second kappa shape index (κ2) is 7.01. The number of aromatic nitrogens is 1. The van der Waals surface area contributed by atoms with E-state index in [2.05, 4.69) is 34.4 Å².